The Bertz CT molecular complexity index is 2400. The topological polar surface area (TPSA) is 228 Å². The average molecular weight is 675 g/mol. The van der Waals surface area contributed by atoms with Gasteiger partial charge in [-0.1, -0.05) is 30.3 Å². The van der Waals surface area contributed by atoms with Gasteiger partial charge in [0.05, 0.1) is 10.4 Å². The quantitative estimate of drug-likeness (QED) is 0.177. The summed E-state index contributed by atoms with van der Waals surface area (Å²) in [5, 5.41) is 20.4. The number of rotatable bonds is 8. The van der Waals surface area contributed by atoms with Gasteiger partial charge in [-0.15, -0.1) is 21.5 Å². The number of anilines is 2. The number of carbonyl (C=O) groups is 2. The van der Waals surface area contributed by atoms with Crippen LogP contribution in [0, 0.1) is 0 Å². The molecule has 0 fully saturated rings. The predicted octanol–water partition coefficient (Wildman–Crippen LogP) is 4.25. The van der Waals surface area contributed by atoms with E-state index in [-0.39, 0.29) is 24.1 Å². The molecule has 17 nitrogen and oxygen atoms in total. The number of amides is 2. The van der Waals surface area contributed by atoms with Crippen LogP contribution in [0.25, 0.3) is 44.8 Å². The van der Waals surface area contributed by atoms with Crippen molar-refractivity contribution in [1.29, 1.82) is 0 Å². The molecule has 0 bridgehead atoms. The molecule has 7 aromatic heterocycles. The lowest BCUT2D eigenvalue weighted by Crippen LogP contribution is -2.25. The van der Waals surface area contributed by atoms with Crippen LogP contribution >= 0.6 is 11.3 Å². The normalized spacial score (nSPS) is 10.8. The van der Waals surface area contributed by atoms with E-state index in [0.29, 0.717) is 39.9 Å². The number of para-hydroxylation sites is 2. The lowest BCUT2D eigenvalue weighted by Gasteiger charge is -2.01. The number of hydrogen-bond acceptors (Lipinski definition) is 13. The summed E-state index contributed by atoms with van der Waals surface area (Å²) in [4.78, 5) is 58.0. The maximum atomic E-state index is 12.4. The van der Waals surface area contributed by atoms with E-state index in [1.165, 1.54) is 22.3 Å². The monoisotopic (exact) mass is 674 g/mol. The van der Waals surface area contributed by atoms with Crippen molar-refractivity contribution in [3.8, 4) is 33.7 Å². The van der Waals surface area contributed by atoms with E-state index >= 15 is 0 Å². The van der Waals surface area contributed by atoms with Crippen LogP contribution in [-0.4, -0.2) is 61.7 Å². The summed E-state index contributed by atoms with van der Waals surface area (Å²) in [7, 11) is 0. The van der Waals surface area contributed by atoms with E-state index in [2.05, 4.69) is 55.9 Å². The van der Waals surface area contributed by atoms with Crippen LogP contribution in [0.1, 0.15) is 10.5 Å². The average Bonchev–Trinajstić information content (AvgIpc) is 3.97. The molecule has 8 aromatic rings. The van der Waals surface area contributed by atoms with Gasteiger partial charge in [-0.25, -0.2) is 9.78 Å². The second-order valence-corrected chi connectivity index (χ2v) is 10.8. The van der Waals surface area contributed by atoms with E-state index in [4.69, 9.17) is 8.83 Å². The Balaban J connectivity index is 0.000000154. The Hall–Kier alpha value is -7.08. The Labute approximate surface area is 278 Å². The number of thiophene rings is 1. The molecule has 7 heterocycles. The third-order valence-corrected chi connectivity index (χ3v) is 7.53. The van der Waals surface area contributed by atoms with E-state index in [0.717, 1.165) is 4.88 Å². The summed E-state index contributed by atoms with van der Waals surface area (Å²) in [5.41, 5.74) is 2.39. The smallest absolute Gasteiger partial charge is 0.420 e. The fourth-order valence-corrected chi connectivity index (χ4v) is 5.21. The number of fused-ring (bicyclic) bond motifs is 1. The van der Waals surface area contributed by atoms with Crippen LogP contribution in [0.3, 0.4) is 0 Å². The first-order chi connectivity index (χ1) is 24.0. The maximum Gasteiger partial charge on any atom is 0.420 e. The number of carbonyl (C=O) groups excluding carboxylic acids is 2. The van der Waals surface area contributed by atoms with Crippen molar-refractivity contribution in [3.05, 3.63) is 113 Å². The Morgan fingerprint density at radius 1 is 0.796 bits per heavy atom. The molecule has 0 aliphatic carbocycles. The zero-order chi connectivity index (χ0) is 33.6. The van der Waals surface area contributed by atoms with Crippen molar-refractivity contribution in [3.63, 3.8) is 0 Å². The summed E-state index contributed by atoms with van der Waals surface area (Å²) in [5.74, 6) is 0.0705. The molecule has 0 radical (unpaired) electrons. The number of nitrogens with zero attached hydrogens (tertiary/aromatic N) is 8. The SMILES string of the molecule is O=C(Cn1c(=O)oc2ccccc21)Nc1n[nH]c(-c2ccccn2)n1.O=C(Nc1n[nH]c(-c2ccccn2)n1)c1ncoc1-c1cccs1. The molecule has 0 saturated carbocycles. The highest BCUT2D eigenvalue weighted by molar-refractivity contribution is 7.13. The highest BCUT2D eigenvalue weighted by atomic mass is 32.1. The van der Waals surface area contributed by atoms with Crippen LogP contribution in [-0.2, 0) is 11.3 Å². The fourth-order valence-electron chi connectivity index (χ4n) is 4.49. The molecule has 0 aliphatic rings. The van der Waals surface area contributed by atoms with Gasteiger partial charge in [-0.2, -0.15) is 9.97 Å². The molecule has 1 aromatic carbocycles. The molecular weight excluding hydrogens is 652 g/mol. The number of pyridine rings is 2. The number of nitrogens with one attached hydrogen (secondary N) is 4. The molecule has 0 aliphatic heterocycles. The highest BCUT2D eigenvalue weighted by Crippen LogP contribution is 2.28. The standard InChI is InChI=1S/C16H12N6O3.C15H10N6O2S/c23-13(9-22-11-6-1-2-7-12(11)25-16(22)24)18-15-19-14(20-21-15)10-5-3-4-8-17-10;22-14(11-12(23-8-17-11)10-5-3-7-24-10)19-15-18-13(20-21-15)9-4-1-2-6-16-9/h1-8H,9H2,(H2,18,19,20,21,23);1-8H,(H2,18,19,20,21,22). The molecule has 0 saturated heterocycles. The van der Waals surface area contributed by atoms with Crippen molar-refractivity contribution >= 4 is 46.1 Å². The van der Waals surface area contributed by atoms with Crippen molar-refractivity contribution in [2.45, 2.75) is 6.54 Å². The van der Waals surface area contributed by atoms with Crippen molar-refractivity contribution in [2.75, 3.05) is 10.6 Å². The van der Waals surface area contributed by atoms with Gasteiger partial charge >= 0.3 is 5.76 Å². The Kier molecular flexibility index (Phi) is 8.56. The van der Waals surface area contributed by atoms with Gasteiger partial charge in [0.1, 0.15) is 17.9 Å². The van der Waals surface area contributed by atoms with Crippen LogP contribution < -0.4 is 16.4 Å². The summed E-state index contributed by atoms with van der Waals surface area (Å²) >= 11 is 1.46. The Morgan fingerprint density at radius 3 is 2.12 bits per heavy atom. The lowest BCUT2D eigenvalue weighted by molar-refractivity contribution is -0.116. The van der Waals surface area contributed by atoms with Gasteiger partial charge in [0.15, 0.2) is 35.1 Å². The van der Waals surface area contributed by atoms with Crippen molar-refractivity contribution < 1.29 is 18.4 Å². The third kappa shape index (κ3) is 6.88. The molecule has 0 unspecified atom stereocenters. The number of benzene rings is 1. The minimum atomic E-state index is -0.597. The number of oxazole rings is 2. The van der Waals surface area contributed by atoms with Crippen molar-refractivity contribution in [1.82, 2.24) is 49.9 Å². The van der Waals surface area contributed by atoms with E-state index in [9.17, 15) is 14.4 Å². The number of hydrogen-bond donors (Lipinski definition) is 4. The third-order valence-electron chi connectivity index (χ3n) is 6.67. The van der Waals surface area contributed by atoms with E-state index < -0.39 is 17.6 Å². The van der Waals surface area contributed by atoms with E-state index in [1.54, 1.807) is 60.9 Å². The van der Waals surface area contributed by atoms with E-state index in [1.807, 2.05) is 29.6 Å². The number of aromatic amines is 2. The second kappa shape index (κ2) is 13.7. The van der Waals surface area contributed by atoms with Gasteiger partial charge in [0, 0.05) is 12.4 Å². The number of H-pyrrole nitrogens is 2. The molecule has 49 heavy (non-hydrogen) atoms. The molecule has 8 rings (SSSR count). The molecule has 242 valence electrons. The summed E-state index contributed by atoms with van der Waals surface area (Å²) in [6.45, 7) is -0.205. The lowest BCUT2D eigenvalue weighted by atomic mass is 10.3. The van der Waals surface area contributed by atoms with Gasteiger partial charge < -0.3 is 8.83 Å². The first kappa shape index (κ1) is 30.6. The zero-order valence-electron chi connectivity index (χ0n) is 25.0. The molecular formula is C31H22N12O5S. The first-order valence-electron chi connectivity index (χ1n) is 14.4. The summed E-state index contributed by atoms with van der Waals surface area (Å²) < 4.78 is 11.7. The molecule has 0 atom stereocenters. The van der Waals surface area contributed by atoms with Crippen LogP contribution in [0.15, 0.2) is 111 Å². The van der Waals surface area contributed by atoms with Crippen LogP contribution in [0.2, 0.25) is 0 Å². The molecule has 18 heteroatoms. The minimum Gasteiger partial charge on any atom is -0.442 e. The van der Waals surface area contributed by atoms with Crippen molar-refractivity contribution in [2.24, 2.45) is 0 Å². The van der Waals surface area contributed by atoms with Crippen LogP contribution in [0.4, 0.5) is 11.9 Å². The van der Waals surface area contributed by atoms with Gasteiger partial charge in [0.2, 0.25) is 17.8 Å². The van der Waals surface area contributed by atoms with Crippen LogP contribution in [0.5, 0.6) is 0 Å². The molecule has 4 N–H and O–H groups in total. The zero-order valence-corrected chi connectivity index (χ0v) is 25.8. The second-order valence-electron chi connectivity index (χ2n) is 9.88. The minimum absolute atomic E-state index is 0.103. The number of aromatic nitrogens is 10. The largest absolute Gasteiger partial charge is 0.442 e. The maximum absolute atomic E-state index is 12.4. The predicted molar refractivity (Wildman–Crippen MR) is 176 cm³/mol. The Morgan fingerprint density at radius 2 is 1.47 bits per heavy atom. The first-order valence-corrected chi connectivity index (χ1v) is 15.2. The molecule has 0 spiro atoms. The van der Waals surface area contributed by atoms with Gasteiger partial charge in [-0.05, 0) is 47.8 Å². The van der Waals surface area contributed by atoms with Gasteiger partial charge in [0.25, 0.3) is 5.91 Å². The summed E-state index contributed by atoms with van der Waals surface area (Å²) in [6.07, 6.45) is 4.52. The summed E-state index contributed by atoms with van der Waals surface area (Å²) in [6, 6.07) is 21.4. The van der Waals surface area contributed by atoms with Gasteiger partial charge in [-0.3, -0.25) is 45.0 Å². The highest BCUT2D eigenvalue weighted by Gasteiger charge is 2.21. The fraction of sp³-hybridized carbons (Fsp3) is 0.0323. The molecule has 2 amide bonds.